The molecule has 0 aliphatic carbocycles. The van der Waals surface area contributed by atoms with E-state index < -0.39 is 0 Å². The van der Waals surface area contributed by atoms with Gasteiger partial charge in [0.15, 0.2) is 0 Å². The fraction of sp³-hybridized carbons (Fsp3) is 0.375. The molecule has 2 heterocycles. The van der Waals surface area contributed by atoms with Crippen molar-refractivity contribution in [3.63, 3.8) is 0 Å². The van der Waals surface area contributed by atoms with Crippen molar-refractivity contribution in [2.75, 3.05) is 31.7 Å². The first-order chi connectivity index (χ1) is 10.8. The first-order valence-corrected chi connectivity index (χ1v) is 7.56. The molecule has 0 spiro atoms. The van der Waals surface area contributed by atoms with Crippen molar-refractivity contribution in [1.82, 2.24) is 9.97 Å². The molecule has 1 aliphatic rings. The second-order valence-corrected chi connectivity index (χ2v) is 5.59. The quantitative estimate of drug-likeness (QED) is 0.867. The third kappa shape index (κ3) is 3.55. The molecule has 0 amide bonds. The van der Waals surface area contributed by atoms with Crippen molar-refractivity contribution in [2.24, 2.45) is 0 Å². The highest BCUT2D eigenvalue weighted by molar-refractivity contribution is 6.30. The maximum Gasteiger partial charge on any atom is 0.132 e. The van der Waals surface area contributed by atoms with Crippen LogP contribution >= 0.6 is 11.6 Å². The Labute approximate surface area is 134 Å². The first kappa shape index (κ1) is 15.2. The van der Waals surface area contributed by atoms with Gasteiger partial charge in [-0.15, -0.1) is 0 Å². The summed E-state index contributed by atoms with van der Waals surface area (Å²) in [6, 6.07) is 9.76. The molecule has 2 aromatic rings. The number of morpholine rings is 1. The lowest BCUT2D eigenvalue weighted by Crippen LogP contribution is -2.38. The van der Waals surface area contributed by atoms with Crippen LogP contribution in [-0.2, 0) is 16.1 Å². The van der Waals surface area contributed by atoms with Gasteiger partial charge < -0.3 is 14.4 Å². The van der Waals surface area contributed by atoms with Crippen LogP contribution in [-0.4, -0.2) is 36.8 Å². The topological polar surface area (TPSA) is 47.5 Å². The summed E-state index contributed by atoms with van der Waals surface area (Å²) >= 11 is 5.94. The summed E-state index contributed by atoms with van der Waals surface area (Å²) < 4.78 is 11.0. The zero-order valence-electron chi connectivity index (χ0n) is 12.4. The van der Waals surface area contributed by atoms with Crippen LogP contribution in [0.2, 0.25) is 5.02 Å². The van der Waals surface area contributed by atoms with Gasteiger partial charge in [-0.05, 0) is 17.7 Å². The highest BCUT2D eigenvalue weighted by atomic mass is 35.5. The van der Waals surface area contributed by atoms with Crippen LogP contribution in [0.5, 0.6) is 0 Å². The maximum absolute atomic E-state index is 5.94. The summed E-state index contributed by atoms with van der Waals surface area (Å²) in [6.45, 7) is 2.72. The molecule has 3 rings (SSSR count). The van der Waals surface area contributed by atoms with Gasteiger partial charge in [0, 0.05) is 31.3 Å². The van der Waals surface area contributed by atoms with Gasteiger partial charge >= 0.3 is 0 Å². The second-order valence-electron chi connectivity index (χ2n) is 5.16. The number of aromatic nitrogens is 2. The van der Waals surface area contributed by atoms with E-state index in [9.17, 15) is 0 Å². The number of nitrogens with zero attached hydrogens (tertiary/aromatic N) is 3. The number of hydrogen-bond donors (Lipinski definition) is 0. The van der Waals surface area contributed by atoms with Crippen molar-refractivity contribution in [1.29, 1.82) is 0 Å². The Morgan fingerprint density at radius 3 is 2.91 bits per heavy atom. The Hall–Kier alpha value is -1.69. The number of hydrogen-bond acceptors (Lipinski definition) is 5. The minimum absolute atomic E-state index is 0.0202. The van der Waals surface area contributed by atoms with Gasteiger partial charge in [-0.25, -0.2) is 9.97 Å². The van der Waals surface area contributed by atoms with E-state index in [0.717, 1.165) is 35.2 Å². The Balaban J connectivity index is 1.75. The molecule has 1 aromatic heterocycles. The van der Waals surface area contributed by atoms with Crippen molar-refractivity contribution in [2.45, 2.75) is 12.7 Å². The SMILES string of the molecule is COCc1cc(N2CCO[C@@H](c3ccc(Cl)cc3)C2)ncn1. The molecule has 1 aliphatic heterocycles. The van der Waals surface area contributed by atoms with Gasteiger partial charge in [0.25, 0.3) is 0 Å². The Morgan fingerprint density at radius 2 is 2.14 bits per heavy atom. The number of anilines is 1. The number of methoxy groups -OCH3 is 1. The molecular weight excluding hydrogens is 302 g/mol. The van der Waals surface area contributed by atoms with E-state index in [1.54, 1.807) is 13.4 Å². The molecule has 6 heteroatoms. The molecule has 116 valence electrons. The smallest absolute Gasteiger partial charge is 0.132 e. The fourth-order valence-electron chi connectivity index (χ4n) is 2.52. The van der Waals surface area contributed by atoms with E-state index in [1.165, 1.54) is 0 Å². The van der Waals surface area contributed by atoms with Crippen LogP contribution in [0.3, 0.4) is 0 Å². The molecule has 1 saturated heterocycles. The molecule has 0 saturated carbocycles. The third-order valence-corrected chi connectivity index (χ3v) is 3.89. The molecule has 0 N–H and O–H groups in total. The summed E-state index contributed by atoms with van der Waals surface area (Å²) in [5.41, 5.74) is 2.00. The maximum atomic E-state index is 5.94. The van der Waals surface area contributed by atoms with Crippen LogP contribution in [0.15, 0.2) is 36.7 Å². The number of rotatable bonds is 4. The standard InChI is InChI=1S/C16H18ClN3O2/c1-21-10-14-8-16(19-11-18-14)20-6-7-22-15(9-20)12-2-4-13(17)5-3-12/h2-5,8,11,15H,6-7,9-10H2,1H3/t15-/m1/s1. The average Bonchev–Trinajstić information content (AvgIpc) is 2.56. The van der Waals surface area contributed by atoms with Gasteiger partial charge in [-0.3, -0.25) is 0 Å². The molecule has 5 nitrogen and oxygen atoms in total. The number of ether oxygens (including phenoxy) is 2. The molecule has 1 atom stereocenters. The van der Waals surface area contributed by atoms with Crippen LogP contribution in [0.4, 0.5) is 5.82 Å². The van der Waals surface area contributed by atoms with E-state index in [2.05, 4.69) is 14.9 Å². The summed E-state index contributed by atoms with van der Waals surface area (Å²) in [7, 11) is 1.66. The van der Waals surface area contributed by atoms with E-state index in [0.29, 0.717) is 13.2 Å². The zero-order chi connectivity index (χ0) is 15.4. The van der Waals surface area contributed by atoms with E-state index in [4.69, 9.17) is 21.1 Å². The molecule has 0 radical (unpaired) electrons. The lowest BCUT2D eigenvalue weighted by molar-refractivity contribution is 0.0395. The highest BCUT2D eigenvalue weighted by Crippen LogP contribution is 2.26. The molecule has 0 bridgehead atoms. The van der Waals surface area contributed by atoms with E-state index >= 15 is 0 Å². The van der Waals surface area contributed by atoms with Gasteiger partial charge in [0.1, 0.15) is 18.2 Å². The number of halogens is 1. The first-order valence-electron chi connectivity index (χ1n) is 7.18. The summed E-state index contributed by atoms with van der Waals surface area (Å²) in [5, 5.41) is 0.733. The predicted molar refractivity (Wildman–Crippen MR) is 85.1 cm³/mol. The van der Waals surface area contributed by atoms with Crippen LogP contribution in [0.1, 0.15) is 17.4 Å². The molecule has 22 heavy (non-hydrogen) atoms. The normalized spacial score (nSPS) is 18.5. The zero-order valence-corrected chi connectivity index (χ0v) is 13.2. The van der Waals surface area contributed by atoms with Crippen LogP contribution < -0.4 is 4.90 Å². The van der Waals surface area contributed by atoms with Crippen LogP contribution in [0.25, 0.3) is 0 Å². The summed E-state index contributed by atoms with van der Waals surface area (Å²) in [6.07, 6.45) is 1.60. The molecule has 1 fully saturated rings. The summed E-state index contributed by atoms with van der Waals surface area (Å²) in [5.74, 6) is 0.907. The summed E-state index contributed by atoms with van der Waals surface area (Å²) in [4.78, 5) is 10.8. The monoisotopic (exact) mass is 319 g/mol. The lowest BCUT2D eigenvalue weighted by Gasteiger charge is -2.34. The highest BCUT2D eigenvalue weighted by Gasteiger charge is 2.23. The predicted octanol–water partition coefficient (Wildman–Crippen LogP) is 2.85. The van der Waals surface area contributed by atoms with Crippen molar-refractivity contribution >= 4 is 17.4 Å². The minimum atomic E-state index is 0.0202. The molecule has 0 unspecified atom stereocenters. The largest absolute Gasteiger partial charge is 0.378 e. The van der Waals surface area contributed by atoms with E-state index in [1.807, 2.05) is 30.3 Å². The van der Waals surface area contributed by atoms with Crippen molar-refractivity contribution in [3.8, 4) is 0 Å². The second kappa shape index (κ2) is 7.05. The molecule has 1 aromatic carbocycles. The Kier molecular flexibility index (Phi) is 4.87. The van der Waals surface area contributed by atoms with Crippen molar-refractivity contribution < 1.29 is 9.47 Å². The Morgan fingerprint density at radius 1 is 1.32 bits per heavy atom. The van der Waals surface area contributed by atoms with Gasteiger partial charge in [-0.2, -0.15) is 0 Å². The fourth-order valence-corrected chi connectivity index (χ4v) is 2.65. The average molecular weight is 320 g/mol. The van der Waals surface area contributed by atoms with Crippen molar-refractivity contribution in [3.05, 3.63) is 52.9 Å². The Bertz CT molecular complexity index is 621. The molecular formula is C16H18ClN3O2. The van der Waals surface area contributed by atoms with Gasteiger partial charge in [0.05, 0.1) is 18.9 Å². The van der Waals surface area contributed by atoms with Crippen LogP contribution in [0, 0.1) is 0 Å². The third-order valence-electron chi connectivity index (χ3n) is 3.63. The van der Waals surface area contributed by atoms with E-state index in [-0.39, 0.29) is 6.10 Å². The lowest BCUT2D eigenvalue weighted by atomic mass is 10.1. The number of benzene rings is 1. The minimum Gasteiger partial charge on any atom is -0.378 e. The van der Waals surface area contributed by atoms with Gasteiger partial charge in [0.2, 0.25) is 0 Å². The van der Waals surface area contributed by atoms with Gasteiger partial charge in [-0.1, -0.05) is 23.7 Å².